The standard InChI is InChI=1S/C16H23N3O2/c17-6-3-7-18-8-10-19(11-9-18)16(20)15-12-13-4-1-2-5-14(13)21-15/h1-2,4-5,15H,3,6-12,17H2. The number of nitrogens with zero attached hydrogens (tertiary/aromatic N) is 2. The van der Waals surface area contributed by atoms with Crippen LogP contribution in [0.5, 0.6) is 5.75 Å². The second-order valence-electron chi connectivity index (χ2n) is 5.73. The van der Waals surface area contributed by atoms with E-state index in [1.807, 2.05) is 29.2 Å². The lowest BCUT2D eigenvalue weighted by Crippen LogP contribution is -2.52. The zero-order chi connectivity index (χ0) is 14.7. The fraction of sp³-hybridized carbons (Fsp3) is 0.562. The Balaban J connectivity index is 1.52. The second kappa shape index (κ2) is 6.45. The van der Waals surface area contributed by atoms with E-state index in [-0.39, 0.29) is 12.0 Å². The monoisotopic (exact) mass is 289 g/mol. The number of hydrogen-bond donors (Lipinski definition) is 1. The van der Waals surface area contributed by atoms with E-state index in [9.17, 15) is 4.79 Å². The summed E-state index contributed by atoms with van der Waals surface area (Å²) in [7, 11) is 0. The number of carbonyl (C=O) groups is 1. The summed E-state index contributed by atoms with van der Waals surface area (Å²) < 4.78 is 5.79. The van der Waals surface area contributed by atoms with Gasteiger partial charge in [-0.3, -0.25) is 9.69 Å². The molecule has 1 unspecified atom stereocenters. The number of piperazine rings is 1. The van der Waals surface area contributed by atoms with Gasteiger partial charge < -0.3 is 15.4 Å². The summed E-state index contributed by atoms with van der Waals surface area (Å²) in [5.74, 6) is 0.988. The predicted molar refractivity (Wildman–Crippen MR) is 81.3 cm³/mol. The van der Waals surface area contributed by atoms with Gasteiger partial charge in [-0.05, 0) is 31.1 Å². The summed E-state index contributed by atoms with van der Waals surface area (Å²) in [6.45, 7) is 5.22. The fourth-order valence-electron chi connectivity index (χ4n) is 3.03. The van der Waals surface area contributed by atoms with Crippen LogP contribution in [0, 0.1) is 0 Å². The van der Waals surface area contributed by atoms with Crippen LogP contribution in [0.2, 0.25) is 0 Å². The van der Waals surface area contributed by atoms with Crippen LogP contribution in [0.3, 0.4) is 0 Å². The van der Waals surface area contributed by atoms with Gasteiger partial charge in [-0.25, -0.2) is 0 Å². The van der Waals surface area contributed by atoms with Gasteiger partial charge in [0, 0.05) is 32.6 Å². The summed E-state index contributed by atoms with van der Waals surface area (Å²) in [5, 5.41) is 0. The van der Waals surface area contributed by atoms with E-state index < -0.39 is 0 Å². The van der Waals surface area contributed by atoms with Gasteiger partial charge in [0.25, 0.3) is 5.91 Å². The van der Waals surface area contributed by atoms with Gasteiger partial charge in [0.15, 0.2) is 6.10 Å². The first-order valence-electron chi connectivity index (χ1n) is 7.73. The Kier molecular flexibility index (Phi) is 4.41. The molecule has 2 N–H and O–H groups in total. The smallest absolute Gasteiger partial charge is 0.264 e. The molecular weight excluding hydrogens is 266 g/mol. The first-order valence-corrected chi connectivity index (χ1v) is 7.73. The lowest BCUT2D eigenvalue weighted by molar-refractivity contribution is -0.139. The Morgan fingerprint density at radius 2 is 2.00 bits per heavy atom. The molecule has 1 saturated heterocycles. The molecule has 1 fully saturated rings. The van der Waals surface area contributed by atoms with E-state index in [1.54, 1.807) is 0 Å². The number of para-hydroxylation sites is 1. The van der Waals surface area contributed by atoms with Crippen LogP contribution in [0.15, 0.2) is 24.3 Å². The zero-order valence-corrected chi connectivity index (χ0v) is 12.3. The third-order valence-corrected chi connectivity index (χ3v) is 4.29. The lowest BCUT2D eigenvalue weighted by Gasteiger charge is -2.35. The van der Waals surface area contributed by atoms with Crippen molar-refractivity contribution in [2.45, 2.75) is 18.9 Å². The second-order valence-corrected chi connectivity index (χ2v) is 5.73. The van der Waals surface area contributed by atoms with Gasteiger partial charge in [0.2, 0.25) is 0 Å². The molecule has 0 bridgehead atoms. The Morgan fingerprint density at radius 1 is 1.24 bits per heavy atom. The molecule has 1 amide bonds. The Bertz CT molecular complexity index is 473. The lowest BCUT2D eigenvalue weighted by atomic mass is 10.1. The van der Waals surface area contributed by atoms with Crippen molar-refractivity contribution in [3.05, 3.63) is 29.8 Å². The molecule has 21 heavy (non-hydrogen) atoms. The minimum absolute atomic E-state index is 0.129. The summed E-state index contributed by atoms with van der Waals surface area (Å²) in [5.41, 5.74) is 6.67. The minimum Gasteiger partial charge on any atom is -0.480 e. The van der Waals surface area contributed by atoms with Gasteiger partial charge in [-0.1, -0.05) is 18.2 Å². The number of hydrogen-bond acceptors (Lipinski definition) is 4. The number of ether oxygens (including phenoxy) is 1. The van der Waals surface area contributed by atoms with Crippen molar-refractivity contribution in [3.63, 3.8) is 0 Å². The first kappa shape index (κ1) is 14.4. The zero-order valence-electron chi connectivity index (χ0n) is 12.3. The van der Waals surface area contributed by atoms with Crippen molar-refractivity contribution in [2.75, 3.05) is 39.3 Å². The quantitative estimate of drug-likeness (QED) is 0.876. The average molecular weight is 289 g/mol. The molecule has 114 valence electrons. The molecule has 0 spiro atoms. The maximum absolute atomic E-state index is 12.6. The summed E-state index contributed by atoms with van der Waals surface area (Å²) >= 11 is 0. The number of nitrogens with two attached hydrogens (primary N) is 1. The Morgan fingerprint density at radius 3 is 2.71 bits per heavy atom. The van der Waals surface area contributed by atoms with Gasteiger partial charge >= 0.3 is 0 Å². The molecule has 0 aliphatic carbocycles. The molecule has 5 heteroatoms. The molecule has 0 radical (unpaired) electrons. The van der Waals surface area contributed by atoms with Gasteiger partial charge in [-0.15, -0.1) is 0 Å². The molecule has 2 aliphatic heterocycles. The van der Waals surface area contributed by atoms with E-state index in [2.05, 4.69) is 4.90 Å². The van der Waals surface area contributed by atoms with Crippen LogP contribution >= 0.6 is 0 Å². The molecule has 2 heterocycles. The molecule has 1 aromatic rings. The summed E-state index contributed by atoms with van der Waals surface area (Å²) in [6, 6.07) is 7.91. The largest absolute Gasteiger partial charge is 0.480 e. The normalized spacial score (nSPS) is 22.0. The Hall–Kier alpha value is -1.59. The molecule has 2 aliphatic rings. The van der Waals surface area contributed by atoms with Crippen LogP contribution < -0.4 is 10.5 Å². The highest BCUT2D eigenvalue weighted by atomic mass is 16.5. The van der Waals surface area contributed by atoms with Crippen LogP contribution in [-0.4, -0.2) is 61.1 Å². The van der Waals surface area contributed by atoms with Gasteiger partial charge in [0.1, 0.15) is 5.75 Å². The SMILES string of the molecule is NCCCN1CCN(C(=O)C2Cc3ccccc3O2)CC1. The molecule has 0 aromatic heterocycles. The molecular formula is C16H23N3O2. The van der Waals surface area contributed by atoms with E-state index >= 15 is 0 Å². The molecule has 5 nitrogen and oxygen atoms in total. The van der Waals surface area contributed by atoms with Gasteiger partial charge in [0.05, 0.1) is 0 Å². The first-order chi connectivity index (χ1) is 10.3. The van der Waals surface area contributed by atoms with E-state index in [1.165, 1.54) is 0 Å². The third-order valence-electron chi connectivity index (χ3n) is 4.29. The number of amides is 1. The highest BCUT2D eigenvalue weighted by molar-refractivity contribution is 5.82. The maximum atomic E-state index is 12.6. The van der Waals surface area contributed by atoms with Crippen LogP contribution in [0.25, 0.3) is 0 Å². The van der Waals surface area contributed by atoms with E-state index in [0.717, 1.165) is 57.0 Å². The molecule has 1 atom stereocenters. The topological polar surface area (TPSA) is 58.8 Å². The molecule has 0 saturated carbocycles. The van der Waals surface area contributed by atoms with Crippen molar-refractivity contribution >= 4 is 5.91 Å². The Labute approximate surface area is 125 Å². The van der Waals surface area contributed by atoms with Crippen LogP contribution in [0.4, 0.5) is 0 Å². The highest BCUT2D eigenvalue weighted by Crippen LogP contribution is 2.29. The summed E-state index contributed by atoms with van der Waals surface area (Å²) in [6.07, 6.45) is 1.38. The predicted octanol–water partition coefficient (Wildman–Crippen LogP) is 0.483. The summed E-state index contributed by atoms with van der Waals surface area (Å²) in [4.78, 5) is 16.9. The molecule has 1 aromatic carbocycles. The number of fused-ring (bicyclic) bond motifs is 1. The minimum atomic E-state index is -0.335. The number of rotatable bonds is 4. The van der Waals surface area contributed by atoms with Gasteiger partial charge in [-0.2, -0.15) is 0 Å². The van der Waals surface area contributed by atoms with Crippen molar-refractivity contribution in [2.24, 2.45) is 5.73 Å². The van der Waals surface area contributed by atoms with Crippen LogP contribution in [-0.2, 0) is 11.2 Å². The average Bonchev–Trinajstić information content (AvgIpc) is 2.96. The molecule has 3 rings (SSSR count). The number of benzene rings is 1. The van der Waals surface area contributed by atoms with E-state index in [4.69, 9.17) is 10.5 Å². The highest BCUT2D eigenvalue weighted by Gasteiger charge is 2.33. The maximum Gasteiger partial charge on any atom is 0.264 e. The fourth-order valence-corrected chi connectivity index (χ4v) is 3.03. The van der Waals surface area contributed by atoms with Crippen molar-refractivity contribution in [1.82, 2.24) is 9.80 Å². The van der Waals surface area contributed by atoms with Crippen molar-refractivity contribution < 1.29 is 9.53 Å². The number of carbonyl (C=O) groups excluding carboxylic acids is 1. The van der Waals surface area contributed by atoms with E-state index in [0.29, 0.717) is 6.42 Å². The van der Waals surface area contributed by atoms with Crippen molar-refractivity contribution in [1.29, 1.82) is 0 Å². The van der Waals surface area contributed by atoms with Crippen LogP contribution in [0.1, 0.15) is 12.0 Å². The third kappa shape index (κ3) is 3.19. The van der Waals surface area contributed by atoms with Crippen molar-refractivity contribution in [3.8, 4) is 5.75 Å².